The number of ether oxygens (including phenoxy) is 1. The van der Waals surface area contributed by atoms with Crippen LogP contribution in [0.25, 0.3) is 0 Å². The van der Waals surface area contributed by atoms with E-state index in [9.17, 15) is 0 Å². The molecule has 1 rings (SSSR count). The summed E-state index contributed by atoms with van der Waals surface area (Å²) in [6, 6.07) is 0. The van der Waals surface area contributed by atoms with Crippen LogP contribution in [0.15, 0.2) is 10.7 Å². The van der Waals surface area contributed by atoms with Crippen molar-refractivity contribution in [2.45, 2.75) is 26.2 Å². The highest BCUT2D eigenvalue weighted by molar-refractivity contribution is 9.10. The van der Waals surface area contributed by atoms with Gasteiger partial charge in [-0.15, -0.1) is 0 Å². The van der Waals surface area contributed by atoms with E-state index in [1.807, 2.05) is 0 Å². The summed E-state index contributed by atoms with van der Waals surface area (Å²) < 4.78 is 5.86. The molecule has 0 aliphatic rings. The van der Waals surface area contributed by atoms with Crippen LogP contribution in [0.3, 0.4) is 0 Å². The first-order valence-corrected chi connectivity index (χ1v) is 4.81. The van der Waals surface area contributed by atoms with Crippen LogP contribution in [0, 0.1) is 0 Å². The zero-order chi connectivity index (χ0) is 10.1. The Balaban J connectivity index is 3.14. The maximum atomic E-state index is 5.08. The van der Waals surface area contributed by atoms with Gasteiger partial charge in [-0.05, 0) is 15.9 Å². The van der Waals surface area contributed by atoms with Crippen molar-refractivity contribution in [1.82, 2.24) is 9.97 Å². The van der Waals surface area contributed by atoms with Gasteiger partial charge < -0.3 is 4.74 Å². The summed E-state index contributed by atoms with van der Waals surface area (Å²) in [6.45, 7) is 6.20. The first-order chi connectivity index (χ1) is 5.95. The molecule has 0 fully saturated rings. The van der Waals surface area contributed by atoms with Gasteiger partial charge in [0, 0.05) is 11.6 Å². The second-order valence-corrected chi connectivity index (χ2v) is 4.66. The molecule has 0 spiro atoms. The quantitative estimate of drug-likeness (QED) is 0.762. The fraction of sp³-hybridized carbons (Fsp3) is 0.556. The van der Waals surface area contributed by atoms with Gasteiger partial charge in [-0.2, -0.15) is 4.98 Å². The van der Waals surface area contributed by atoms with Crippen molar-refractivity contribution in [3.63, 3.8) is 0 Å². The number of nitrogens with zero attached hydrogens (tertiary/aromatic N) is 2. The molecular weight excluding hydrogens is 232 g/mol. The summed E-state index contributed by atoms with van der Waals surface area (Å²) in [5.74, 6) is 1.37. The lowest BCUT2D eigenvalue weighted by molar-refractivity contribution is 0.385. The van der Waals surface area contributed by atoms with Gasteiger partial charge in [-0.1, -0.05) is 20.8 Å². The molecule has 0 radical (unpaired) electrons. The molecule has 0 unspecified atom stereocenters. The molecule has 13 heavy (non-hydrogen) atoms. The molecule has 0 atom stereocenters. The average Bonchev–Trinajstić information content (AvgIpc) is 2.03. The van der Waals surface area contributed by atoms with Gasteiger partial charge in [0.1, 0.15) is 5.82 Å². The van der Waals surface area contributed by atoms with Crippen molar-refractivity contribution in [3.8, 4) is 5.88 Å². The van der Waals surface area contributed by atoms with Crippen LogP contribution in [0.1, 0.15) is 26.6 Å². The maximum Gasteiger partial charge on any atom is 0.231 e. The van der Waals surface area contributed by atoms with Crippen molar-refractivity contribution >= 4 is 15.9 Å². The summed E-state index contributed by atoms with van der Waals surface area (Å²) in [4.78, 5) is 8.50. The first-order valence-electron chi connectivity index (χ1n) is 4.02. The van der Waals surface area contributed by atoms with Crippen LogP contribution in [0.5, 0.6) is 5.88 Å². The molecule has 0 aliphatic carbocycles. The zero-order valence-electron chi connectivity index (χ0n) is 8.26. The summed E-state index contributed by atoms with van der Waals surface area (Å²) in [6.07, 6.45) is 1.71. The Kier molecular flexibility index (Phi) is 2.91. The van der Waals surface area contributed by atoms with Gasteiger partial charge in [0.05, 0.1) is 11.6 Å². The van der Waals surface area contributed by atoms with E-state index < -0.39 is 0 Å². The molecule has 72 valence electrons. The molecular formula is C9H13BrN2O. The molecule has 0 aliphatic heterocycles. The van der Waals surface area contributed by atoms with E-state index in [2.05, 4.69) is 46.7 Å². The van der Waals surface area contributed by atoms with Crippen LogP contribution >= 0.6 is 15.9 Å². The van der Waals surface area contributed by atoms with Gasteiger partial charge in [0.2, 0.25) is 5.88 Å². The van der Waals surface area contributed by atoms with Gasteiger partial charge >= 0.3 is 0 Å². The molecule has 1 aromatic heterocycles. The minimum Gasteiger partial charge on any atom is -0.480 e. The van der Waals surface area contributed by atoms with Crippen molar-refractivity contribution in [2.24, 2.45) is 0 Å². The van der Waals surface area contributed by atoms with E-state index in [0.29, 0.717) is 5.88 Å². The summed E-state index contributed by atoms with van der Waals surface area (Å²) in [5, 5.41) is 0. The highest BCUT2D eigenvalue weighted by atomic mass is 79.9. The Morgan fingerprint density at radius 1 is 1.38 bits per heavy atom. The van der Waals surface area contributed by atoms with Crippen molar-refractivity contribution in [3.05, 3.63) is 16.5 Å². The van der Waals surface area contributed by atoms with E-state index in [1.165, 1.54) is 0 Å². The Morgan fingerprint density at radius 2 is 2.00 bits per heavy atom. The molecule has 1 heterocycles. The fourth-order valence-corrected chi connectivity index (χ4v) is 1.21. The molecule has 0 saturated carbocycles. The molecule has 1 aromatic rings. The lowest BCUT2D eigenvalue weighted by Gasteiger charge is -2.16. The minimum absolute atomic E-state index is 0.0476. The summed E-state index contributed by atoms with van der Waals surface area (Å²) >= 11 is 3.31. The van der Waals surface area contributed by atoms with Crippen LogP contribution in [0.4, 0.5) is 0 Å². The van der Waals surface area contributed by atoms with E-state index in [0.717, 1.165) is 10.3 Å². The Hall–Kier alpha value is -0.640. The van der Waals surface area contributed by atoms with E-state index in [1.54, 1.807) is 13.3 Å². The Bertz CT molecular complexity index is 307. The third-order valence-electron chi connectivity index (χ3n) is 1.58. The number of hydrogen-bond donors (Lipinski definition) is 0. The maximum absolute atomic E-state index is 5.08. The van der Waals surface area contributed by atoms with Gasteiger partial charge in [-0.25, -0.2) is 4.98 Å². The molecule has 3 nitrogen and oxygen atoms in total. The standard InChI is InChI=1S/C9H13BrN2O/c1-9(2,3)8-11-5-6(10)7(12-8)13-4/h5H,1-4H3. The van der Waals surface area contributed by atoms with Crippen molar-refractivity contribution in [1.29, 1.82) is 0 Å². The molecule has 0 saturated heterocycles. The second-order valence-electron chi connectivity index (χ2n) is 3.80. The number of methoxy groups -OCH3 is 1. The fourth-order valence-electron chi connectivity index (χ4n) is 0.856. The molecule has 0 amide bonds. The SMILES string of the molecule is COc1nc(C(C)(C)C)ncc1Br. The largest absolute Gasteiger partial charge is 0.480 e. The van der Waals surface area contributed by atoms with E-state index in [4.69, 9.17) is 4.74 Å². The highest BCUT2D eigenvalue weighted by Crippen LogP contribution is 2.25. The first kappa shape index (κ1) is 10.4. The van der Waals surface area contributed by atoms with Crippen LogP contribution in [-0.2, 0) is 5.41 Å². The third-order valence-corrected chi connectivity index (χ3v) is 2.12. The third kappa shape index (κ3) is 2.40. The summed E-state index contributed by atoms with van der Waals surface area (Å²) in [7, 11) is 1.60. The van der Waals surface area contributed by atoms with Gasteiger partial charge in [0.25, 0.3) is 0 Å². The monoisotopic (exact) mass is 244 g/mol. The smallest absolute Gasteiger partial charge is 0.231 e. The second kappa shape index (κ2) is 3.62. The van der Waals surface area contributed by atoms with Crippen molar-refractivity contribution in [2.75, 3.05) is 7.11 Å². The number of aromatic nitrogens is 2. The number of rotatable bonds is 1. The summed E-state index contributed by atoms with van der Waals surface area (Å²) in [5.41, 5.74) is -0.0476. The predicted molar refractivity (Wildman–Crippen MR) is 55.0 cm³/mol. The van der Waals surface area contributed by atoms with E-state index in [-0.39, 0.29) is 5.41 Å². The predicted octanol–water partition coefficient (Wildman–Crippen LogP) is 2.55. The molecule has 0 bridgehead atoms. The number of halogens is 1. The van der Waals surface area contributed by atoms with Crippen LogP contribution in [-0.4, -0.2) is 17.1 Å². The number of hydrogen-bond acceptors (Lipinski definition) is 3. The zero-order valence-corrected chi connectivity index (χ0v) is 9.84. The molecule has 0 aromatic carbocycles. The Morgan fingerprint density at radius 3 is 2.46 bits per heavy atom. The van der Waals surface area contributed by atoms with Crippen molar-refractivity contribution < 1.29 is 4.74 Å². The molecule has 4 heteroatoms. The van der Waals surface area contributed by atoms with Crippen LogP contribution < -0.4 is 4.74 Å². The highest BCUT2D eigenvalue weighted by Gasteiger charge is 2.18. The van der Waals surface area contributed by atoms with E-state index >= 15 is 0 Å². The lowest BCUT2D eigenvalue weighted by Crippen LogP contribution is -2.16. The van der Waals surface area contributed by atoms with Gasteiger partial charge in [-0.3, -0.25) is 0 Å². The lowest BCUT2D eigenvalue weighted by atomic mass is 9.96. The average molecular weight is 245 g/mol. The van der Waals surface area contributed by atoms with Gasteiger partial charge in [0.15, 0.2) is 0 Å². The Labute approximate surface area is 86.7 Å². The topological polar surface area (TPSA) is 35.0 Å². The normalized spacial score (nSPS) is 11.5. The minimum atomic E-state index is -0.0476. The molecule has 0 N–H and O–H groups in total. The van der Waals surface area contributed by atoms with Crippen LogP contribution in [0.2, 0.25) is 0 Å².